The lowest BCUT2D eigenvalue weighted by Gasteiger charge is -2.33. The van der Waals surface area contributed by atoms with E-state index < -0.39 is 11.7 Å². The van der Waals surface area contributed by atoms with E-state index in [9.17, 15) is 9.90 Å². The Kier molecular flexibility index (Phi) is 5.87. The minimum atomic E-state index is -0.506. The summed E-state index contributed by atoms with van der Waals surface area (Å²) in [6.07, 6.45) is 3.99. The van der Waals surface area contributed by atoms with E-state index in [2.05, 4.69) is 0 Å². The number of likely N-dealkylation sites (tertiary alicyclic amines) is 1. The van der Waals surface area contributed by atoms with Crippen LogP contribution in [0.3, 0.4) is 0 Å². The van der Waals surface area contributed by atoms with Crippen LogP contribution in [-0.2, 0) is 4.74 Å². The smallest absolute Gasteiger partial charge is 0.410 e. The number of carbonyl (C=O) groups excluding carboxylic acids is 1. The van der Waals surface area contributed by atoms with E-state index in [4.69, 9.17) is 4.74 Å². The van der Waals surface area contributed by atoms with Crippen LogP contribution in [-0.4, -0.2) is 34.3 Å². The fourth-order valence-electron chi connectivity index (χ4n) is 2.84. The summed E-state index contributed by atoms with van der Waals surface area (Å²) < 4.78 is 5.54. The van der Waals surface area contributed by atoms with Crippen LogP contribution in [0.2, 0.25) is 0 Å². The SMILES string of the molecule is CC(C)(C)OC(=O)N1CCCCCC1CC(O)c1cccs1. The minimum Gasteiger partial charge on any atom is -0.444 e. The first-order valence-electron chi connectivity index (χ1n) is 8.08. The Morgan fingerprint density at radius 2 is 2.23 bits per heavy atom. The van der Waals surface area contributed by atoms with Crippen LogP contribution >= 0.6 is 11.3 Å². The van der Waals surface area contributed by atoms with Crippen LogP contribution in [0.5, 0.6) is 0 Å². The zero-order chi connectivity index (χ0) is 16.2. The van der Waals surface area contributed by atoms with Crippen molar-refractivity contribution in [1.29, 1.82) is 0 Å². The van der Waals surface area contributed by atoms with E-state index in [0.29, 0.717) is 6.42 Å². The van der Waals surface area contributed by atoms with E-state index >= 15 is 0 Å². The van der Waals surface area contributed by atoms with Gasteiger partial charge >= 0.3 is 6.09 Å². The van der Waals surface area contributed by atoms with Gasteiger partial charge in [-0.3, -0.25) is 0 Å². The number of hydrogen-bond acceptors (Lipinski definition) is 4. The van der Waals surface area contributed by atoms with E-state index in [0.717, 1.165) is 37.1 Å². The van der Waals surface area contributed by atoms with Gasteiger partial charge in [0.15, 0.2) is 0 Å². The molecule has 1 N–H and O–H groups in total. The van der Waals surface area contributed by atoms with E-state index in [1.165, 1.54) is 0 Å². The summed E-state index contributed by atoms with van der Waals surface area (Å²) in [6.45, 7) is 6.38. The molecule has 1 aromatic rings. The van der Waals surface area contributed by atoms with Crippen LogP contribution in [0.4, 0.5) is 4.79 Å². The highest BCUT2D eigenvalue weighted by Crippen LogP contribution is 2.29. The molecule has 0 aliphatic carbocycles. The predicted octanol–water partition coefficient (Wildman–Crippen LogP) is 4.35. The molecule has 4 nitrogen and oxygen atoms in total. The van der Waals surface area contributed by atoms with Gasteiger partial charge in [0.25, 0.3) is 0 Å². The monoisotopic (exact) mass is 325 g/mol. The molecule has 2 atom stereocenters. The third kappa shape index (κ3) is 4.99. The zero-order valence-corrected chi connectivity index (χ0v) is 14.6. The van der Waals surface area contributed by atoms with Crippen LogP contribution in [0.25, 0.3) is 0 Å². The van der Waals surface area contributed by atoms with Crippen molar-refractivity contribution in [2.24, 2.45) is 0 Å². The molecule has 0 spiro atoms. The molecule has 124 valence electrons. The van der Waals surface area contributed by atoms with Gasteiger partial charge in [0.2, 0.25) is 0 Å². The summed E-state index contributed by atoms with van der Waals surface area (Å²) in [5.74, 6) is 0. The fraction of sp³-hybridized carbons (Fsp3) is 0.706. The van der Waals surface area contributed by atoms with Gasteiger partial charge in [-0.2, -0.15) is 0 Å². The number of aliphatic hydroxyl groups excluding tert-OH is 1. The molecule has 5 heteroatoms. The number of thiophene rings is 1. The van der Waals surface area contributed by atoms with Crippen LogP contribution in [0.1, 0.15) is 63.9 Å². The molecule has 1 aliphatic rings. The molecule has 0 saturated carbocycles. The second-order valence-electron chi connectivity index (χ2n) is 6.94. The molecule has 1 fully saturated rings. The van der Waals surface area contributed by atoms with Crippen LogP contribution in [0.15, 0.2) is 17.5 Å². The van der Waals surface area contributed by atoms with Gasteiger partial charge in [-0.15, -0.1) is 11.3 Å². The molecule has 2 heterocycles. The number of hydrogen-bond donors (Lipinski definition) is 1. The van der Waals surface area contributed by atoms with E-state index in [1.54, 1.807) is 11.3 Å². The standard InChI is InChI=1S/C17H27NO3S/c1-17(2,3)21-16(20)18-10-6-4-5-8-13(18)12-14(19)15-9-7-11-22-15/h7,9,11,13-14,19H,4-6,8,10,12H2,1-3H3. The summed E-state index contributed by atoms with van der Waals surface area (Å²) >= 11 is 1.56. The van der Waals surface area contributed by atoms with Gasteiger partial charge in [-0.1, -0.05) is 18.9 Å². The fourth-order valence-corrected chi connectivity index (χ4v) is 3.56. The second-order valence-corrected chi connectivity index (χ2v) is 7.92. The first-order valence-corrected chi connectivity index (χ1v) is 8.96. The Bertz CT molecular complexity index is 467. The topological polar surface area (TPSA) is 49.8 Å². The maximum absolute atomic E-state index is 12.5. The molecule has 1 aliphatic heterocycles. The average molecular weight is 325 g/mol. The molecular formula is C17H27NO3S. The van der Waals surface area contributed by atoms with Crippen molar-refractivity contribution < 1.29 is 14.6 Å². The number of rotatable bonds is 3. The molecule has 0 radical (unpaired) electrons. The maximum Gasteiger partial charge on any atom is 0.410 e. The van der Waals surface area contributed by atoms with Crippen molar-refractivity contribution in [3.05, 3.63) is 22.4 Å². The van der Waals surface area contributed by atoms with Crippen LogP contribution < -0.4 is 0 Å². The highest BCUT2D eigenvalue weighted by atomic mass is 32.1. The molecule has 2 unspecified atom stereocenters. The first kappa shape index (κ1) is 17.3. The van der Waals surface area contributed by atoms with Crippen molar-refractivity contribution in [2.75, 3.05) is 6.54 Å². The molecule has 0 bridgehead atoms. The average Bonchev–Trinajstić information content (AvgIpc) is 2.84. The van der Waals surface area contributed by atoms with Gasteiger partial charge in [0.1, 0.15) is 5.60 Å². The quantitative estimate of drug-likeness (QED) is 0.898. The van der Waals surface area contributed by atoms with Crippen molar-refractivity contribution >= 4 is 17.4 Å². The summed E-state index contributed by atoms with van der Waals surface area (Å²) in [6, 6.07) is 3.95. The Hall–Kier alpha value is -1.07. The number of ether oxygens (including phenoxy) is 1. The van der Waals surface area contributed by atoms with Crippen molar-refractivity contribution in [3.8, 4) is 0 Å². The highest BCUT2D eigenvalue weighted by Gasteiger charge is 2.31. The summed E-state index contributed by atoms with van der Waals surface area (Å²) in [5, 5.41) is 12.4. The predicted molar refractivity (Wildman–Crippen MR) is 89.1 cm³/mol. The van der Waals surface area contributed by atoms with E-state index in [-0.39, 0.29) is 12.1 Å². The van der Waals surface area contributed by atoms with Crippen molar-refractivity contribution in [3.63, 3.8) is 0 Å². The molecule has 1 aromatic heterocycles. The largest absolute Gasteiger partial charge is 0.444 e. The lowest BCUT2D eigenvalue weighted by molar-refractivity contribution is 0.0106. The third-order valence-corrected chi connectivity index (χ3v) is 4.85. The van der Waals surface area contributed by atoms with Gasteiger partial charge in [-0.25, -0.2) is 4.79 Å². The maximum atomic E-state index is 12.5. The molecule has 1 saturated heterocycles. The molecule has 2 rings (SSSR count). The normalized spacial score (nSPS) is 21.3. The van der Waals surface area contributed by atoms with Crippen molar-refractivity contribution in [2.45, 2.75) is 70.6 Å². The summed E-state index contributed by atoms with van der Waals surface area (Å²) in [5.41, 5.74) is -0.486. The Morgan fingerprint density at radius 1 is 1.45 bits per heavy atom. The summed E-state index contributed by atoms with van der Waals surface area (Å²) in [4.78, 5) is 15.3. The molecular weight excluding hydrogens is 298 g/mol. The second kappa shape index (κ2) is 7.47. The first-order chi connectivity index (χ1) is 10.4. The highest BCUT2D eigenvalue weighted by molar-refractivity contribution is 7.10. The number of nitrogens with zero attached hydrogens (tertiary/aromatic N) is 1. The van der Waals surface area contributed by atoms with Gasteiger partial charge in [-0.05, 0) is 51.5 Å². The van der Waals surface area contributed by atoms with Crippen molar-refractivity contribution in [1.82, 2.24) is 4.90 Å². The Labute approximate surface area is 137 Å². The lowest BCUT2D eigenvalue weighted by Crippen LogP contribution is -2.43. The number of aliphatic hydroxyl groups is 1. The van der Waals surface area contributed by atoms with Gasteiger partial charge < -0.3 is 14.7 Å². The van der Waals surface area contributed by atoms with Crippen LogP contribution in [0, 0.1) is 0 Å². The van der Waals surface area contributed by atoms with Gasteiger partial charge in [0.05, 0.1) is 6.10 Å². The summed E-state index contributed by atoms with van der Waals surface area (Å²) in [7, 11) is 0. The molecule has 22 heavy (non-hydrogen) atoms. The van der Waals surface area contributed by atoms with Gasteiger partial charge in [0, 0.05) is 17.5 Å². The third-order valence-electron chi connectivity index (χ3n) is 3.87. The number of carbonyl (C=O) groups is 1. The lowest BCUT2D eigenvalue weighted by atomic mass is 10.0. The van der Waals surface area contributed by atoms with E-state index in [1.807, 2.05) is 43.2 Å². The Balaban J connectivity index is 2.05. The Morgan fingerprint density at radius 3 is 2.86 bits per heavy atom. The molecule has 0 aromatic carbocycles. The zero-order valence-electron chi connectivity index (χ0n) is 13.7. The number of amides is 1. The molecule has 1 amide bonds. The minimum absolute atomic E-state index is 0.0504.